The van der Waals surface area contributed by atoms with Crippen LogP contribution in [0.5, 0.6) is 0 Å². The van der Waals surface area contributed by atoms with Crippen molar-refractivity contribution in [2.75, 3.05) is 0 Å². The molecule has 0 aliphatic carbocycles. The van der Waals surface area contributed by atoms with Crippen LogP contribution >= 0.6 is 0 Å². The van der Waals surface area contributed by atoms with Gasteiger partial charge in [-0.05, 0) is 0 Å². The zero-order valence-corrected chi connectivity index (χ0v) is 11.2. The van der Waals surface area contributed by atoms with E-state index in [4.69, 9.17) is 41.1 Å². The summed E-state index contributed by atoms with van der Waals surface area (Å²) in [4.78, 5) is 7.49. The Labute approximate surface area is 110 Å². The van der Waals surface area contributed by atoms with E-state index in [1.807, 2.05) is 0 Å². The maximum Gasteiger partial charge on any atom is 0.395 e. The Bertz CT molecular complexity index is 214. The molecule has 0 saturated carbocycles. The van der Waals surface area contributed by atoms with Gasteiger partial charge in [0.25, 0.3) is 12.5 Å². The average molecular weight is 441 g/mol. The minimum absolute atomic E-state index is 0. The van der Waals surface area contributed by atoms with Crippen LogP contribution in [0.15, 0.2) is 0 Å². The number of quaternary nitrogens is 1. The van der Waals surface area contributed by atoms with Gasteiger partial charge in [-0.15, -0.1) is 0 Å². The minimum Gasteiger partial charge on any atom is -0.475 e. The summed E-state index contributed by atoms with van der Waals surface area (Å²) in [5.74, 6) is -5.67. The van der Waals surface area contributed by atoms with Gasteiger partial charge in [0.15, 0.2) is 0 Å². The maximum absolute atomic E-state index is 9.27. The summed E-state index contributed by atoms with van der Waals surface area (Å²) in [5.41, 5.74) is 0. The summed E-state index contributed by atoms with van der Waals surface area (Å²) in [6.07, 6.45) is -2.82. The molecule has 10 nitrogen and oxygen atoms in total. The molecule has 0 spiro atoms. The number of aliphatic carboxylic acids is 1. The normalized spacial score (nSPS) is 14.9. The number of hydrogen-bond donors (Lipinski definition) is 8. The van der Waals surface area contributed by atoms with E-state index in [1.54, 1.807) is 0 Å². The van der Waals surface area contributed by atoms with Crippen molar-refractivity contribution in [3.05, 3.63) is 0 Å². The molecule has 0 aromatic heterocycles. The van der Waals surface area contributed by atoms with Crippen molar-refractivity contribution in [1.82, 2.24) is 0 Å². The first kappa shape index (κ1) is 22.1. The molecule has 0 amide bonds. The molecular formula is C6H16NO9Pt+. The van der Waals surface area contributed by atoms with Gasteiger partial charge >= 0.3 is 11.9 Å². The largest absolute Gasteiger partial charge is 0.475 e. The first-order valence-electron chi connectivity index (χ1n) is 3.94. The van der Waals surface area contributed by atoms with Gasteiger partial charge in [-0.1, -0.05) is 0 Å². The SMILES string of the molecule is CC(O)[N+](O)(O)C(C)O.O=C(O)C(O)(O)O.[Pt]. The van der Waals surface area contributed by atoms with Crippen LogP contribution in [0.1, 0.15) is 13.8 Å². The van der Waals surface area contributed by atoms with Gasteiger partial charge in [0.1, 0.15) is 0 Å². The molecule has 0 aliphatic heterocycles. The van der Waals surface area contributed by atoms with E-state index in [2.05, 4.69) is 0 Å². The van der Waals surface area contributed by atoms with Crippen LogP contribution in [0.25, 0.3) is 0 Å². The average Bonchev–Trinajstić information content (AvgIpc) is 2.02. The maximum atomic E-state index is 9.27. The van der Waals surface area contributed by atoms with E-state index in [1.165, 1.54) is 0 Å². The Kier molecular flexibility index (Phi) is 10.4. The van der Waals surface area contributed by atoms with Crippen LogP contribution in [0.3, 0.4) is 0 Å². The standard InChI is InChI=1S/C4H12NO4.C2H4O5.Pt/c1-3(6)5(8,9)4(2)7;3-1(4)2(5,6)7;/h3-4,6-9H,1-2H3;5-7H,(H,3,4);/q+1;;. The summed E-state index contributed by atoms with van der Waals surface area (Å²) in [6, 6.07) is 0. The van der Waals surface area contributed by atoms with Crippen molar-refractivity contribution in [1.29, 1.82) is 0 Å². The summed E-state index contributed by atoms with van der Waals surface area (Å²) in [5, 5.41) is 64.8. The van der Waals surface area contributed by atoms with E-state index in [0.717, 1.165) is 13.8 Å². The second-order valence-electron chi connectivity index (χ2n) is 2.90. The summed E-state index contributed by atoms with van der Waals surface area (Å²) in [6.45, 7) is 2.32. The van der Waals surface area contributed by atoms with E-state index >= 15 is 0 Å². The van der Waals surface area contributed by atoms with E-state index in [9.17, 15) is 4.79 Å². The Balaban J connectivity index is -0.000000224. The van der Waals surface area contributed by atoms with Crippen LogP contribution in [-0.2, 0) is 25.9 Å². The first-order valence-corrected chi connectivity index (χ1v) is 3.94. The van der Waals surface area contributed by atoms with E-state index in [0.29, 0.717) is 0 Å². The molecule has 108 valence electrons. The molecule has 17 heavy (non-hydrogen) atoms. The fraction of sp³-hybridized carbons (Fsp3) is 0.833. The zero-order valence-electron chi connectivity index (χ0n) is 8.90. The number of hydroxylamine groups is 4. The zero-order chi connectivity index (χ0) is 13.7. The first-order chi connectivity index (χ1) is 6.83. The number of rotatable bonds is 3. The molecule has 0 radical (unpaired) electrons. The topological polar surface area (TPSA) is 179 Å². The summed E-state index contributed by atoms with van der Waals surface area (Å²) < 4.78 is 0. The second kappa shape index (κ2) is 8.03. The van der Waals surface area contributed by atoms with Crippen molar-refractivity contribution in [2.24, 2.45) is 0 Å². The van der Waals surface area contributed by atoms with Crippen molar-refractivity contribution in [3.8, 4) is 0 Å². The Morgan fingerprint density at radius 2 is 1.24 bits per heavy atom. The molecule has 0 aromatic rings. The third-order valence-corrected chi connectivity index (χ3v) is 1.39. The molecule has 0 rings (SSSR count). The number of nitrogens with zero attached hydrogens (tertiary/aromatic N) is 1. The number of hydrogen-bond acceptors (Lipinski definition) is 8. The molecule has 0 saturated heterocycles. The van der Waals surface area contributed by atoms with E-state index < -0.39 is 29.2 Å². The van der Waals surface area contributed by atoms with Crippen LogP contribution in [0, 0.1) is 0 Å². The fourth-order valence-electron chi connectivity index (χ4n) is 0.312. The van der Waals surface area contributed by atoms with E-state index in [-0.39, 0.29) is 21.1 Å². The van der Waals surface area contributed by atoms with Crippen molar-refractivity contribution in [3.63, 3.8) is 0 Å². The van der Waals surface area contributed by atoms with Gasteiger partial charge in [-0.2, -0.15) is 10.4 Å². The van der Waals surface area contributed by atoms with Crippen LogP contribution in [0.2, 0.25) is 0 Å². The van der Waals surface area contributed by atoms with Gasteiger partial charge in [0.2, 0.25) is 0 Å². The molecule has 2 unspecified atom stereocenters. The van der Waals surface area contributed by atoms with Crippen molar-refractivity contribution < 1.29 is 71.7 Å². The molecule has 2 atom stereocenters. The minimum atomic E-state index is -3.58. The number of aliphatic hydroxyl groups excluding tert-OH is 2. The molecule has 11 heteroatoms. The molecule has 0 bridgehead atoms. The predicted molar refractivity (Wildman–Crippen MR) is 44.2 cm³/mol. The predicted octanol–water partition coefficient (Wildman–Crippen LogP) is -3.04. The molecule has 0 aromatic carbocycles. The number of carboxylic acids is 1. The summed E-state index contributed by atoms with van der Waals surface area (Å²) in [7, 11) is 0. The van der Waals surface area contributed by atoms with Gasteiger partial charge in [-0.3, -0.25) is 0 Å². The molecule has 0 aliphatic rings. The molecule has 0 fully saturated rings. The van der Waals surface area contributed by atoms with Gasteiger partial charge in [0.05, 0.1) is 0 Å². The van der Waals surface area contributed by atoms with Crippen LogP contribution in [-0.4, -0.2) is 70.3 Å². The number of carbonyl (C=O) groups is 1. The Morgan fingerprint density at radius 1 is 1.06 bits per heavy atom. The van der Waals surface area contributed by atoms with Gasteiger partial charge in [0, 0.05) is 39.7 Å². The third kappa shape index (κ3) is 9.53. The number of carboxylic acid groups (broad SMARTS) is 1. The van der Waals surface area contributed by atoms with Gasteiger partial charge in [-0.25, -0.2) is 4.79 Å². The molecular weight excluding hydrogens is 425 g/mol. The molecule has 0 heterocycles. The van der Waals surface area contributed by atoms with Crippen LogP contribution < -0.4 is 0 Å². The van der Waals surface area contributed by atoms with Crippen LogP contribution in [0.4, 0.5) is 0 Å². The monoisotopic (exact) mass is 441 g/mol. The molecule has 8 N–H and O–H groups in total. The number of aliphatic hydroxyl groups is 5. The Hall–Kier alpha value is -0.162. The summed E-state index contributed by atoms with van der Waals surface area (Å²) >= 11 is 0. The third-order valence-electron chi connectivity index (χ3n) is 1.39. The Morgan fingerprint density at radius 3 is 1.24 bits per heavy atom. The fourth-order valence-corrected chi connectivity index (χ4v) is 0.312. The van der Waals surface area contributed by atoms with Crippen molar-refractivity contribution in [2.45, 2.75) is 32.3 Å². The quantitative estimate of drug-likeness (QED) is 0.128. The second-order valence-corrected chi connectivity index (χ2v) is 2.90. The van der Waals surface area contributed by atoms with Gasteiger partial charge < -0.3 is 30.6 Å². The van der Waals surface area contributed by atoms with Crippen molar-refractivity contribution >= 4 is 5.97 Å². The smallest absolute Gasteiger partial charge is 0.395 e.